The van der Waals surface area contributed by atoms with E-state index in [4.69, 9.17) is 4.74 Å². The molecule has 214 valence electrons. The monoisotopic (exact) mass is 553 g/mol. The number of alkyl carbamates (subject to hydrolysis) is 1. The van der Waals surface area contributed by atoms with Crippen molar-refractivity contribution in [3.8, 4) is 5.75 Å². The van der Waals surface area contributed by atoms with Crippen molar-refractivity contribution >= 4 is 36.5 Å². The third-order valence-electron chi connectivity index (χ3n) is 5.69. The Bertz CT molecular complexity index is 949. The van der Waals surface area contributed by atoms with Crippen LogP contribution in [-0.4, -0.2) is 71.5 Å². The van der Waals surface area contributed by atoms with E-state index in [0.717, 1.165) is 25.7 Å². The maximum Gasteiger partial charge on any atom is 0.408 e. The van der Waals surface area contributed by atoms with Crippen molar-refractivity contribution in [2.75, 3.05) is 26.0 Å². The average molecular weight is 554 g/mol. The molecule has 0 aliphatic carbocycles. The van der Waals surface area contributed by atoms with E-state index in [1.54, 1.807) is 39.8 Å². The van der Waals surface area contributed by atoms with Gasteiger partial charge < -0.3 is 30.1 Å². The zero-order valence-electron chi connectivity index (χ0n) is 23.3. The molecule has 3 N–H and O–H groups in total. The van der Waals surface area contributed by atoms with Gasteiger partial charge in [0.1, 0.15) is 30.0 Å². The number of aryl methyl sites for hydroxylation is 1. The Balaban J connectivity index is 3.42. The van der Waals surface area contributed by atoms with Crippen molar-refractivity contribution in [2.45, 2.75) is 84.4 Å². The van der Waals surface area contributed by atoms with Gasteiger partial charge in [-0.1, -0.05) is 38.7 Å². The Labute approximate surface area is 231 Å². The molecule has 11 heteroatoms. The molecule has 0 spiro atoms. The van der Waals surface area contributed by atoms with Crippen molar-refractivity contribution in [2.24, 2.45) is 0 Å². The van der Waals surface area contributed by atoms with Gasteiger partial charge in [-0.2, -0.15) is 12.6 Å². The second-order valence-corrected chi connectivity index (χ2v) is 10.4. The fourth-order valence-corrected chi connectivity index (χ4v) is 3.98. The average Bonchev–Trinajstić information content (AvgIpc) is 2.85. The molecule has 2 unspecified atom stereocenters. The molecule has 0 bridgehead atoms. The molecule has 0 fully saturated rings. The second kappa shape index (κ2) is 16.1. The molecular formula is C27H43N3O7S. The number of nitrogens with zero attached hydrogens (tertiary/aromatic N) is 1. The van der Waals surface area contributed by atoms with Gasteiger partial charge in [0, 0.05) is 12.3 Å². The lowest BCUT2D eigenvalue weighted by Gasteiger charge is -2.34. The minimum atomic E-state index is -1.14. The number of esters is 1. The number of hydrogen-bond donors (Lipinski definition) is 4. The van der Waals surface area contributed by atoms with E-state index in [1.165, 1.54) is 18.1 Å². The number of hydrogen-bond acceptors (Lipinski definition) is 8. The molecule has 1 rings (SSSR count). The minimum absolute atomic E-state index is 0.0322. The van der Waals surface area contributed by atoms with Crippen LogP contribution in [0.2, 0.25) is 0 Å². The summed E-state index contributed by atoms with van der Waals surface area (Å²) in [6.07, 6.45) is 3.76. The standard InChI is InChI=1S/C27H43N3O7S/c1-7-8-9-10-11-14-30(25(34)20(17-38)29-26(35)37-27(3,4)5)23(24(33)28-16-22(32)36-6)19-12-13-21(31)18(2)15-19/h12-13,15,20,23,31,38H,7-11,14,16-17H2,1-6H3,(H,28,33)(H,29,35). The quantitative estimate of drug-likeness (QED) is 0.157. The van der Waals surface area contributed by atoms with E-state index >= 15 is 0 Å². The number of unbranched alkanes of at least 4 members (excludes halogenated alkanes) is 4. The van der Waals surface area contributed by atoms with E-state index in [2.05, 4.69) is 34.9 Å². The summed E-state index contributed by atoms with van der Waals surface area (Å²) in [4.78, 5) is 52.9. The molecule has 0 aliphatic heterocycles. The van der Waals surface area contributed by atoms with Gasteiger partial charge in [-0.3, -0.25) is 14.4 Å². The molecule has 1 aromatic rings. The summed E-state index contributed by atoms with van der Waals surface area (Å²) in [5.41, 5.74) is 0.189. The Hall–Kier alpha value is -2.95. The summed E-state index contributed by atoms with van der Waals surface area (Å²) >= 11 is 4.28. The normalized spacial score (nSPS) is 12.7. The summed E-state index contributed by atoms with van der Waals surface area (Å²) in [6.45, 7) is 8.75. The molecule has 0 aromatic heterocycles. The van der Waals surface area contributed by atoms with Gasteiger partial charge in [-0.05, 0) is 57.4 Å². The molecule has 1 aromatic carbocycles. The first kappa shape index (κ1) is 33.1. The van der Waals surface area contributed by atoms with Crippen LogP contribution in [0, 0.1) is 6.92 Å². The highest BCUT2D eigenvalue weighted by Gasteiger charge is 2.36. The fourth-order valence-electron chi connectivity index (χ4n) is 3.74. The minimum Gasteiger partial charge on any atom is -0.508 e. The lowest BCUT2D eigenvalue weighted by atomic mass is 9.99. The maximum absolute atomic E-state index is 13.8. The Morgan fingerprint density at radius 1 is 1.11 bits per heavy atom. The van der Waals surface area contributed by atoms with Crippen LogP contribution in [0.3, 0.4) is 0 Å². The van der Waals surface area contributed by atoms with Crippen molar-refractivity contribution < 1.29 is 33.8 Å². The van der Waals surface area contributed by atoms with Gasteiger partial charge in [0.05, 0.1) is 7.11 Å². The smallest absolute Gasteiger partial charge is 0.408 e. The predicted octanol–water partition coefficient (Wildman–Crippen LogP) is 3.65. The van der Waals surface area contributed by atoms with Crippen LogP contribution in [0.1, 0.15) is 77.0 Å². The van der Waals surface area contributed by atoms with E-state index in [9.17, 15) is 24.3 Å². The maximum atomic E-state index is 13.8. The molecule has 10 nitrogen and oxygen atoms in total. The Morgan fingerprint density at radius 3 is 2.32 bits per heavy atom. The third kappa shape index (κ3) is 11.2. The van der Waals surface area contributed by atoms with Crippen molar-refractivity contribution in [3.63, 3.8) is 0 Å². The van der Waals surface area contributed by atoms with E-state index < -0.39 is 41.6 Å². The number of carbonyl (C=O) groups is 4. The van der Waals surface area contributed by atoms with Crippen LogP contribution in [0.25, 0.3) is 0 Å². The van der Waals surface area contributed by atoms with Gasteiger partial charge in [-0.25, -0.2) is 4.79 Å². The predicted molar refractivity (Wildman–Crippen MR) is 148 cm³/mol. The molecule has 0 saturated heterocycles. The summed E-state index contributed by atoms with van der Waals surface area (Å²) < 4.78 is 9.94. The third-order valence-corrected chi connectivity index (χ3v) is 6.05. The number of amides is 3. The van der Waals surface area contributed by atoms with Gasteiger partial charge in [-0.15, -0.1) is 0 Å². The number of benzene rings is 1. The number of carbonyl (C=O) groups excluding carboxylic acids is 4. The van der Waals surface area contributed by atoms with Crippen LogP contribution in [0.5, 0.6) is 5.75 Å². The molecule has 0 radical (unpaired) electrons. The molecular weight excluding hydrogens is 510 g/mol. The largest absolute Gasteiger partial charge is 0.508 e. The van der Waals surface area contributed by atoms with Crippen LogP contribution in [0.15, 0.2) is 18.2 Å². The number of aromatic hydroxyl groups is 1. The van der Waals surface area contributed by atoms with Crippen molar-refractivity contribution in [3.05, 3.63) is 29.3 Å². The van der Waals surface area contributed by atoms with E-state index in [1.807, 2.05) is 0 Å². The summed E-state index contributed by atoms with van der Waals surface area (Å²) in [5, 5.41) is 15.2. The van der Waals surface area contributed by atoms with E-state index in [-0.39, 0.29) is 24.6 Å². The van der Waals surface area contributed by atoms with E-state index in [0.29, 0.717) is 17.5 Å². The number of ether oxygens (including phenoxy) is 2. The Kier molecular flexibility index (Phi) is 14.0. The van der Waals surface area contributed by atoms with Crippen LogP contribution < -0.4 is 10.6 Å². The van der Waals surface area contributed by atoms with Crippen LogP contribution in [0.4, 0.5) is 4.79 Å². The fraction of sp³-hybridized carbons (Fsp3) is 0.630. The molecule has 3 amide bonds. The van der Waals surface area contributed by atoms with Crippen molar-refractivity contribution in [1.82, 2.24) is 15.5 Å². The number of nitrogens with one attached hydrogen (secondary N) is 2. The zero-order chi connectivity index (χ0) is 28.9. The number of thiol groups is 1. The summed E-state index contributed by atoms with van der Waals surface area (Å²) in [7, 11) is 1.21. The van der Waals surface area contributed by atoms with Crippen LogP contribution >= 0.6 is 12.6 Å². The number of phenols is 1. The molecule has 0 saturated carbocycles. The Morgan fingerprint density at radius 2 is 1.76 bits per heavy atom. The molecule has 0 aliphatic rings. The second-order valence-electron chi connectivity index (χ2n) is 10.1. The lowest BCUT2D eigenvalue weighted by molar-refractivity contribution is -0.144. The van der Waals surface area contributed by atoms with Crippen LogP contribution in [-0.2, 0) is 23.9 Å². The first-order valence-electron chi connectivity index (χ1n) is 12.9. The van der Waals surface area contributed by atoms with Gasteiger partial charge in [0.2, 0.25) is 11.8 Å². The highest BCUT2D eigenvalue weighted by Crippen LogP contribution is 2.28. The molecule has 0 heterocycles. The number of rotatable bonds is 14. The number of methoxy groups -OCH3 is 1. The summed E-state index contributed by atoms with van der Waals surface area (Å²) in [5.74, 6) is -1.76. The summed E-state index contributed by atoms with van der Waals surface area (Å²) in [6, 6.07) is 2.41. The highest BCUT2D eigenvalue weighted by atomic mass is 32.1. The first-order chi connectivity index (χ1) is 17.8. The SMILES string of the molecule is CCCCCCCN(C(=O)C(CS)NC(=O)OC(C)(C)C)C(C(=O)NCC(=O)OC)c1ccc(O)c(C)c1. The topological polar surface area (TPSA) is 134 Å². The number of phenolic OH excluding ortho intramolecular Hbond substituents is 1. The van der Waals surface area contributed by atoms with Gasteiger partial charge >= 0.3 is 12.1 Å². The lowest BCUT2D eigenvalue weighted by Crippen LogP contribution is -2.54. The molecule has 2 atom stereocenters. The van der Waals surface area contributed by atoms with Crippen molar-refractivity contribution in [1.29, 1.82) is 0 Å². The van der Waals surface area contributed by atoms with Gasteiger partial charge in [0.15, 0.2) is 0 Å². The van der Waals surface area contributed by atoms with Gasteiger partial charge in [0.25, 0.3) is 0 Å². The molecule has 38 heavy (non-hydrogen) atoms. The zero-order valence-corrected chi connectivity index (χ0v) is 24.2. The first-order valence-corrected chi connectivity index (χ1v) is 13.5. The highest BCUT2D eigenvalue weighted by molar-refractivity contribution is 7.80.